The molecule has 8 nitrogen and oxygen atoms in total. The van der Waals surface area contributed by atoms with Gasteiger partial charge in [-0.1, -0.05) is 70.7 Å². The zero-order valence-electron chi connectivity index (χ0n) is 28.2. The molecule has 270 valence electrons. The predicted octanol–water partition coefficient (Wildman–Crippen LogP) is 10.9. The molecule has 0 aliphatic carbocycles. The number of amides is 2. The molecule has 1 aliphatic rings. The van der Waals surface area contributed by atoms with Crippen LogP contribution in [0, 0.1) is 11.6 Å². The molecule has 5 aromatic carbocycles. The predicted molar refractivity (Wildman–Crippen MR) is 206 cm³/mol. The molecule has 8 rings (SSSR count). The van der Waals surface area contributed by atoms with E-state index in [2.05, 4.69) is 19.9 Å². The summed E-state index contributed by atoms with van der Waals surface area (Å²) in [5, 5.41) is 11.3. The van der Waals surface area contributed by atoms with Crippen molar-refractivity contribution in [2.75, 3.05) is 0 Å². The minimum atomic E-state index is -0.884. The van der Waals surface area contributed by atoms with E-state index < -0.39 is 35.6 Å². The van der Waals surface area contributed by atoms with Crippen LogP contribution < -0.4 is 0 Å². The van der Waals surface area contributed by atoms with Crippen LogP contribution in [0.2, 0.25) is 20.1 Å². The summed E-state index contributed by atoms with van der Waals surface area (Å²) in [7, 11) is 0. The minimum absolute atomic E-state index is 0.249. The maximum atomic E-state index is 14.1. The third-order valence-corrected chi connectivity index (χ3v) is 9.99. The topological polar surface area (TPSA) is 109 Å². The Morgan fingerprint density at radius 1 is 0.556 bits per heavy atom. The highest BCUT2D eigenvalue weighted by Gasteiger charge is 2.40. The highest BCUT2D eigenvalue weighted by Crippen LogP contribution is 2.39. The van der Waals surface area contributed by atoms with Crippen molar-refractivity contribution < 1.29 is 23.5 Å². The van der Waals surface area contributed by atoms with Gasteiger partial charge in [0.2, 0.25) is 0 Å². The number of nitrogens with zero attached hydrogens (tertiary/aromatic N) is 5. The van der Waals surface area contributed by atoms with Gasteiger partial charge in [-0.05, 0) is 86.6 Å². The van der Waals surface area contributed by atoms with Crippen molar-refractivity contribution in [3.05, 3.63) is 151 Å². The van der Waals surface area contributed by atoms with Crippen LogP contribution in [0.15, 0.2) is 97.1 Å². The van der Waals surface area contributed by atoms with E-state index in [-0.39, 0.29) is 10.7 Å². The molecule has 7 aromatic rings. The van der Waals surface area contributed by atoms with Gasteiger partial charge >= 0.3 is 0 Å². The number of halogens is 6. The Morgan fingerprint density at radius 2 is 1.00 bits per heavy atom. The quantitative estimate of drug-likeness (QED) is 0.173. The van der Waals surface area contributed by atoms with Crippen LogP contribution in [0.3, 0.4) is 0 Å². The first-order valence-electron chi connectivity index (χ1n) is 16.3. The van der Waals surface area contributed by atoms with Crippen molar-refractivity contribution in [2.45, 2.75) is 26.0 Å². The van der Waals surface area contributed by atoms with Crippen LogP contribution in [-0.2, 0) is 0 Å². The average molecular weight is 803 g/mol. The van der Waals surface area contributed by atoms with Crippen molar-refractivity contribution in [1.29, 1.82) is 0 Å². The minimum Gasteiger partial charge on any atom is -0.387 e. The largest absolute Gasteiger partial charge is 0.387 e. The number of aliphatic hydroxyl groups excluding tert-OH is 1. The molecule has 1 N–H and O–H groups in total. The zero-order chi connectivity index (χ0) is 38.4. The molecular weight excluding hydrogens is 778 g/mol. The number of benzene rings is 5. The molecule has 0 radical (unpaired) electrons. The van der Waals surface area contributed by atoms with Gasteiger partial charge in [-0.2, -0.15) is 0 Å². The van der Waals surface area contributed by atoms with Gasteiger partial charge in [0.05, 0.1) is 77.2 Å². The molecule has 2 amide bonds. The van der Waals surface area contributed by atoms with Crippen LogP contribution in [0.5, 0.6) is 0 Å². The van der Waals surface area contributed by atoms with Gasteiger partial charge in [0.15, 0.2) is 0 Å². The number of imide groups is 1. The lowest BCUT2D eigenvalue weighted by atomic mass is 10.0. The summed E-state index contributed by atoms with van der Waals surface area (Å²) in [6.07, 6.45) is -0.884. The average Bonchev–Trinajstić information content (AvgIpc) is 3.41. The van der Waals surface area contributed by atoms with E-state index in [4.69, 9.17) is 46.4 Å². The van der Waals surface area contributed by atoms with Gasteiger partial charge in [0.1, 0.15) is 22.7 Å². The molecule has 54 heavy (non-hydrogen) atoms. The molecule has 3 heterocycles. The first-order valence-corrected chi connectivity index (χ1v) is 17.8. The van der Waals surface area contributed by atoms with Crippen LogP contribution >= 0.6 is 46.4 Å². The van der Waals surface area contributed by atoms with Crippen LogP contribution in [0.4, 0.5) is 8.78 Å². The number of fused-ring (bicyclic) bond motifs is 3. The Balaban J connectivity index is 0.000000179. The molecular formula is C40H25Cl4F2N5O3. The zero-order valence-corrected chi connectivity index (χ0v) is 31.2. The lowest BCUT2D eigenvalue weighted by Gasteiger charge is -2.24. The smallest absolute Gasteiger partial charge is 0.262 e. The van der Waals surface area contributed by atoms with Gasteiger partial charge in [0.25, 0.3) is 11.8 Å². The molecule has 2 unspecified atom stereocenters. The summed E-state index contributed by atoms with van der Waals surface area (Å²) in [6, 6.07) is 24.0. The number of carbonyl (C=O) groups is 2. The molecule has 14 heteroatoms. The second kappa shape index (κ2) is 15.0. The van der Waals surface area contributed by atoms with Gasteiger partial charge in [-0.25, -0.2) is 28.7 Å². The fourth-order valence-electron chi connectivity index (χ4n) is 6.13. The summed E-state index contributed by atoms with van der Waals surface area (Å²) in [4.78, 5) is 45.5. The molecule has 0 fully saturated rings. The van der Waals surface area contributed by atoms with Crippen LogP contribution in [-0.4, -0.2) is 41.8 Å². The summed E-state index contributed by atoms with van der Waals surface area (Å²) >= 11 is 25.0. The summed E-state index contributed by atoms with van der Waals surface area (Å²) in [6.45, 7) is 3.25. The first kappa shape index (κ1) is 37.2. The van der Waals surface area contributed by atoms with Crippen molar-refractivity contribution in [3.8, 4) is 22.5 Å². The van der Waals surface area contributed by atoms with E-state index in [1.165, 1.54) is 36.4 Å². The second-order valence-electron chi connectivity index (χ2n) is 12.3. The Hall–Kier alpha value is -5.10. The van der Waals surface area contributed by atoms with Gasteiger partial charge in [-0.15, -0.1) is 0 Å². The third-order valence-electron chi connectivity index (χ3n) is 8.72. The van der Waals surface area contributed by atoms with E-state index in [0.717, 1.165) is 4.90 Å². The Bertz CT molecular complexity index is 2630. The molecule has 2 atom stereocenters. The molecule has 0 saturated carbocycles. The number of aliphatic hydroxyl groups is 1. The third kappa shape index (κ3) is 6.87. The number of aromatic nitrogens is 4. The van der Waals surface area contributed by atoms with Crippen molar-refractivity contribution in [3.63, 3.8) is 0 Å². The fraction of sp³-hybridized carbons (Fsp3) is 0.100. The first-order chi connectivity index (χ1) is 25.8. The highest BCUT2D eigenvalue weighted by molar-refractivity contribution is 6.36. The lowest BCUT2D eigenvalue weighted by molar-refractivity contribution is 0.0592. The van der Waals surface area contributed by atoms with Gasteiger partial charge < -0.3 is 5.11 Å². The number of hydrogen-bond acceptors (Lipinski definition) is 7. The highest BCUT2D eigenvalue weighted by atomic mass is 35.5. The molecule has 1 aliphatic heterocycles. The van der Waals surface area contributed by atoms with Gasteiger partial charge in [-0.3, -0.25) is 14.5 Å². The van der Waals surface area contributed by atoms with Crippen LogP contribution in [0.1, 0.15) is 58.1 Å². The Labute approximate surface area is 327 Å². The van der Waals surface area contributed by atoms with Gasteiger partial charge in [0, 0.05) is 11.1 Å². The van der Waals surface area contributed by atoms with Crippen molar-refractivity contribution >= 4 is 80.3 Å². The second-order valence-corrected chi connectivity index (χ2v) is 13.9. The van der Waals surface area contributed by atoms with Crippen molar-refractivity contribution in [2.24, 2.45) is 0 Å². The van der Waals surface area contributed by atoms with E-state index >= 15 is 0 Å². The van der Waals surface area contributed by atoms with Crippen molar-refractivity contribution in [1.82, 2.24) is 24.8 Å². The summed E-state index contributed by atoms with van der Waals surface area (Å²) in [5.74, 6) is -1.81. The number of rotatable bonds is 5. The Kier molecular flexibility index (Phi) is 10.3. The Morgan fingerprint density at radius 3 is 1.46 bits per heavy atom. The monoisotopic (exact) mass is 801 g/mol. The molecule has 0 saturated heterocycles. The maximum absolute atomic E-state index is 14.1. The van der Waals surface area contributed by atoms with E-state index in [9.17, 15) is 23.5 Å². The number of hydrogen-bond donors (Lipinski definition) is 1. The molecule has 0 spiro atoms. The standard InChI is InChI=1S/C24H14Cl2FN3O2.C16H11Cl2FN2O/c1-12(30-23(31)14-5-2-3-6-15(14)24(30)32)20-21(16-11-13(27)9-10-17(16)25)29-22-18(26)7-4-8-19(22)28-20;1-8(22)14-15(10-7-9(19)5-6-11(10)17)21-16-12(18)3-2-4-13(16)20-14/h2-12H,1H3;2-8,22H,1H3. The fourth-order valence-corrected chi connectivity index (χ4v) is 6.97. The maximum Gasteiger partial charge on any atom is 0.262 e. The normalized spacial score (nSPS) is 13.5. The SMILES string of the molecule is CC(O)c1nc2cccc(Cl)c2nc1-c1cc(F)ccc1Cl.CC(c1nc2cccc(Cl)c2nc1-c1cc(F)ccc1Cl)N1C(=O)c2ccccc2C1=O. The molecule has 2 aromatic heterocycles. The summed E-state index contributed by atoms with van der Waals surface area (Å²) < 4.78 is 27.7. The van der Waals surface area contributed by atoms with Crippen LogP contribution in [0.25, 0.3) is 44.6 Å². The number of para-hydroxylation sites is 2. The van der Waals surface area contributed by atoms with E-state index in [1.807, 2.05) is 0 Å². The number of carbonyl (C=O) groups excluding carboxylic acids is 2. The lowest BCUT2D eigenvalue weighted by Crippen LogP contribution is -2.33. The van der Waals surface area contributed by atoms with E-state index in [1.54, 1.807) is 74.5 Å². The molecule has 0 bridgehead atoms. The summed E-state index contributed by atoms with van der Waals surface area (Å²) in [5.41, 5.74) is 4.42. The van der Waals surface area contributed by atoms with E-state index in [0.29, 0.717) is 76.5 Å².